The van der Waals surface area contributed by atoms with Crippen molar-refractivity contribution >= 4 is 46.0 Å². The monoisotopic (exact) mass is 631 g/mol. The molecule has 0 saturated carbocycles. The second-order valence-electron chi connectivity index (χ2n) is 10.6. The van der Waals surface area contributed by atoms with E-state index in [0.717, 1.165) is 6.08 Å². The van der Waals surface area contributed by atoms with Gasteiger partial charge in [-0.3, -0.25) is 4.79 Å². The van der Waals surface area contributed by atoms with Crippen LogP contribution in [0.1, 0.15) is 0 Å². The average Bonchev–Trinajstić information content (AvgIpc) is 3.08. The normalized spacial score (nSPS) is 14.9. The number of rotatable bonds is 9. The fourth-order valence-electron chi connectivity index (χ4n) is 5.27. The molecule has 6 rings (SSSR count). The molecular formula is C33H32F3N7O3. The highest BCUT2D eigenvalue weighted by Crippen LogP contribution is 2.34. The van der Waals surface area contributed by atoms with E-state index < -0.39 is 17.5 Å². The number of carbonyl (C=O) groups is 1. The number of amides is 1. The van der Waals surface area contributed by atoms with Crippen molar-refractivity contribution in [2.45, 2.75) is 0 Å². The van der Waals surface area contributed by atoms with E-state index in [4.69, 9.17) is 14.5 Å². The maximum absolute atomic E-state index is 15.2. The number of aromatic nitrogens is 2. The van der Waals surface area contributed by atoms with Crippen molar-refractivity contribution < 1.29 is 27.4 Å². The Hall–Kier alpha value is -5.14. The van der Waals surface area contributed by atoms with Gasteiger partial charge >= 0.3 is 0 Å². The maximum atomic E-state index is 15.2. The second kappa shape index (κ2) is 13.9. The highest BCUT2D eigenvalue weighted by Gasteiger charge is 2.19. The van der Waals surface area contributed by atoms with Crippen LogP contribution >= 0.6 is 0 Å². The summed E-state index contributed by atoms with van der Waals surface area (Å²) in [6.07, 6.45) is 2.55. The Labute approximate surface area is 263 Å². The summed E-state index contributed by atoms with van der Waals surface area (Å²) >= 11 is 0. The van der Waals surface area contributed by atoms with Crippen molar-refractivity contribution in [2.75, 3.05) is 78.4 Å². The van der Waals surface area contributed by atoms with Gasteiger partial charge < -0.3 is 35.2 Å². The van der Waals surface area contributed by atoms with E-state index in [0.29, 0.717) is 92.3 Å². The van der Waals surface area contributed by atoms with Crippen LogP contribution in [0.5, 0.6) is 0 Å². The molecule has 13 heteroatoms. The predicted octanol–water partition coefficient (Wildman–Crippen LogP) is 5.85. The zero-order valence-electron chi connectivity index (χ0n) is 24.9. The van der Waals surface area contributed by atoms with Gasteiger partial charge in [0.25, 0.3) is 0 Å². The van der Waals surface area contributed by atoms with Gasteiger partial charge in [-0.05, 0) is 60.7 Å². The van der Waals surface area contributed by atoms with Crippen molar-refractivity contribution in [2.24, 2.45) is 0 Å². The zero-order chi connectivity index (χ0) is 32.0. The van der Waals surface area contributed by atoms with E-state index in [-0.39, 0.29) is 17.5 Å². The molecule has 4 aromatic rings. The minimum absolute atomic E-state index is 0.0731. The van der Waals surface area contributed by atoms with E-state index in [1.807, 2.05) is 9.80 Å². The summed E-state index contributed by atoms with van der Waals surface area (Å²) in [4.78, 5) is 24.9. The van der Waals surface area contributed by atoms with Gasteiger partial charge in [0.05, 0.1) is 61.1 Å². The number of nitrogens with zero attached hydrogens (tertiary/aromatic N) is 4. The Morgan fingerprint density at radius 3 is 2.11 bits per heavy atom. The van der Waals surface area contributed by atoms with Crippen LogP contribution in [0, 0.1) is 17.5 Å². The predicted molar refractivity (Wildman–Crippen MR) is 172 cm³/mol. The van der Waals surface area contributed by atoms with Gasteiger partial charge in [-0.15, -0.1) is 0 Å². The fourth-order valence-corrected chi connectivity index (χ4v) is 5.27. The van der Waals surface area contributed by atoms with Crippen LogP contribution in [0.15, 0.2) is 73.4 Å². The standard InChI is InChI=1S/C33H32F3N7O3/c1-2-31(44)40-27-17-21(3-6-24(27)34)32-28(38-22-5-8-29(26(36)18-22)42-9-13-45-14-10-42)20-37-33(41-32)39-23-4-7-25(35)30(19-23)43-11-15-46-16-12-43/h2-8,17-20,38H,1,9-16H2,(H,40,44)(H,37,39,41). The molecule has 3 heterocycles. The lowest BCUT2D eigenvalue weighted by Gasteiger charge is -2.29. The molecule has 0 atom stereocenters. The van der Waals surface area contributed by atoms with Crippen LogP contribution in [-0.4, -0.2) is 68.5 Å². The minimum atomic E-state index is -0.649. The van der Waals surface area contributed by atoms with Crippen LogP contribution < -0.4 is 25.8 Å². The van der Waals surface area contributed by atoms with Crippen molar-refractivity contribution in [1.82, 2.24) is 9.97 Å². The van der Waals surface area contributed by atoms with E-state index in [1.54, 1.807) is 24.3 Å². The molecular weight excluding hydrogens is 599 g/mol. The summed E-state index contributed by atoms with van der Waals surface area (Å²) in [5, 5.41) is 8.76. The Morgan fingerprint density at radius 1 is 0.761 bits per heavy atom. The molecule has 0 radical (unpaired) electrons. The molecule has 2 fully saturated rings. The zero-order valence-corrected chi connectivity index (χ0v) is 24.9. The summed E-state index contributed by atoms with van der Waals surface area (Å²) in [7, 11) is 0. The lowest BCUT2D eigenvalue weighted by Crippen LogP contribution is -2.36. The first-order valence-electron chi connectivity index (χ1n) is 14.8. The molecule has 2 aliphatic heterocycles. The van der Waals surface area contributed by atoms with Crippen LogP contribution in [-0.2, 0) is 14.3 Å². The highest BCUT2D eigenvalue weighted by atomic mass is 19.1. The lowest BCUT2D eigenvalue weighted by atomic mass is 10.1. The molecule has 1 amide bonds. The first kappa shape index (κ1) is 30.9. The fraction of sp³-hybridized carbons (Fsp3) is 0.242. The van der Waals surface area contributed by atoms with Gasteiger partial charge in [0.2, 0.25) is 11.9 Å². The summed E-state index contributed by atoms with van der Waals surface area (Å²) in [5.74, 6) is -1.82. The number of nitrogens with one attached hydrogen (secondary N) is 3. The third-order valence-electron chi connectivity index (χ3n) is 7.60. The van der Waals surface area contributed by atoms with E-state index in [1.165, 1.54) is 36.5 Å². The van der Waals surface area contributed by atoms with Crippen LogP contribution in [0.3, 0.4) is 0 Å². The molecule has 46 heavy (non-hydrogen) atoms. The largest absolute Gasteiger partial charge is 0.378 e. The number of benzene rings is 3. The Balaban J connectivity index is 1.34. The number of carbonyl (C=O) groups excluding carboxylic acids is 1. The number of ether oxygens (including phenoxy) is 2. The molecule has 10 nitrogen and oxygen atoms in total. The third-order valence-corrected chi connectivity index (χ3v) is 7.60. The van der Waals surface area contributed by atoms with Crippen LogP contribution in [0.25, 0.3) is 11.3 Å². The highest BCUT2D eigenvalue weighted by molar-refractivity contribution is 5.99. The minimum Gasteiger partial charge on any atom is -0.378 e. The summed E-state index contributed by atoms with van der Waals surface area (Å²) in [6.45, 7) is 7.78. The van der Waals surface area contributed by atoms with Crippen molar-refractivity contribution in [3.05, 3.63) is 90.9 Å². The molecule has 0 unspecified atom stereocenters. The summed E-state index contributed by atoms with van der Waals surface area (Å²) in [6, 6.07) is 13.6. The Kier molecular flexibility index (Phi) is 9.31. The summed E-state index contributed by atoms with van der Waals surface area (Å²) in [5.41, 5.74) is 2.98. The Morgan fingerprint density at radius 2 is 1.41 bits per heavy atom. The average molecular weight is 632 g/mol. The second-order valence-corrected chi connectivity index (χ2v) is 10.6. The molecule has 2 saturated heterocycles. The first-order chi connectivity index (χ1) is 22.4. The lowest BCUT2D eigenvalue weighted by molar-refractivity contribution is -0.111. The smallest absolute Gasteiger partial charge is 0.247 e. The molecule has 0 aliphatic carbocycles. The molecule has 3 aromatic carbocycles. The van der Waals surface area contributed by atoms with Crippen molar-refractivity contribution in [1.29, 1.82) is 0 Å². The van der Waals surface area contributed by atoms with Gasteiger partial charge in [-0.25, -0.2) is 23.1 Å². The number of hydrogen-bond acceptors (Lipinski definition) is 9. The van der Waals surface area contributed by atoms with E-state index in [9.17, 15) is 13.6 Å². The number of hydrogen-bond donors (Lipinski definition) is 3. The van der Waals surface area contributed by atoms with Crippen molar-refractivity contribution in [3.8, 4) is 11.3 Å². The summed E-state index contributed by atoms with van der Waals surface area (Å²) < 4.78 is 55.4. The molecule has 0 spiro atoms. The van der Waals surface area contributed by atoms with Gasteiger partial charge in [0.1, 0.15) is 17.5 Å². The first-order valence-corrected chi connectivity index (χ1v) is 14.8. The quantitative estimate of drug-likeness (QED) is 0.197. The van der Waals surface area contributed by atoms with Gasteiger partial charge in [0.15, 0.2) is 0 Å². The van der Waals surface area contributed by atoms with E-state index >= 15 is 4.39 Å². The topological polar surface area (TPSA) is 104 Å². The third kappa shape index (κ3) is 7.05. The molecule has 3 N–H and O–H groups in total. The molecule has 0 bridgehead atoms. The number of halogens is 3. The molecule has 2 aliphatic rings. The molecule has 1 aromatic heterocycles. The van der Waals surface area contributed by atoms with Gasteiger partial charge in [-0.1, -0.05) is 6.58 Å². The van der Waals surface area contributed by atoms with Crippen molar-refractivity contribution in [3.63, 3.8) is 0 Å². The number of anilines is 7. The molecule has 238 valence electrons. The SMILES string of the molecule is C=CC(=O)Nc1cc(-c2nc(Nc3ccc(F)c(N4CCOCC4)c3)ncc2Nc2ccc(N3CCOCC3)c(F)c2)ccc1F. The van der Waals surface area contributed by atoms with Gasteiger partial charge in [0, 0.05) is 43.1 Å². The maximum Gasteiger partial charge on any atom is 0.247 e. The van der Waals surface area contributed by atoms with Gasteiger partial charge in [-0.2, -0.15) is 0 Å². The van der Waals surface area contributed by atoms with Crippen LogP contribution in [0.4, 0.5) is 53.2 Å². The Bertz CT molecular complexity index is 1740. The van der Waals surface area contributed by atoms with E-state index in [2.05, 4.69) is 27.5 Å². The van der Waals surface area contributed by atoms with Crippen LogP contribution in [0.2, 0.25) is 0 Å². The number of morpholine rings is 2.